The summed E-state index contributed by atoms with van der Waals surface area (Å²) < 4.78 is 40.3. The first kappa shape index (κ1) is 15.3. The third-order valence-corrected chi connectivity index (χ3v) is 4.65. The van der Waals surface area contributed by atoms with Crippen molar-refractivity contribution in [1.82, 2.24) is 10.2 Å². The number of carbonyl (C=O) groups excluding carboxylic acids is 1. The number of carbonyl (C=O) groups is 1. The molecule has 0 bridgehead atoms. The van der Waals surface area contributed by atoms with Crippen molar-refractivity contribution in [3.63, 3.8) is 0 Å². The van der Waals surface area contributed by atoms with Crippen LogP contribution in [0.4, 0.5) is 13.2 Å². The molecule has 2 saturated heterocycles. The topological polar surface area (TPSA) is 32.3 Å². The minimum Gasteiger partial charge on any atom is -0.342 e. The summed E-state index contributed by atoms with van der Waals surface area (Å²) in [5, 5.41) is 3.06. The van der Waals surface area contributed by atoms with Gasteiger partial charge >= 0.3 is 0 Å². The fraction of sp³-hybridized carbons (Fsp3) is 0.562. The van der Waals surface area contributed by atoms with Crippen LogP contribution in [0.1, 0.15) is 18.4 Å². The van der Waals surface area contributed by atoms with Gasteiger partial charge in [-0.15, -0.1) is 0 Å². The lowest BCUT2D eigenvalue weighted by molar-refractivity contribution is -0.151. The molecule has 0 unspecified atom stereocenters. The van der Waals surface area contributed by atoms with Gasteiger partial charge in [0.1, 0.15) is 5.82 Å². The van der Waals surface area contributed by atoms with E-state index < -0.39 is 11.3 Å². The minimum absolute atomic E-state index is 0.0743. The number of benzene rings is 1. The summed E-state index contributed by atoms with van der Waals surface area (Å²) in [6.45, 7) is 1.08. The minimum atomic E-state index is -2.67. The van der Waals surface area contributed by atoms with E-state index in [2.05, 4.69) is 5.32 Å². The standard InChI is InChI=1S/C16H19F3N2O/c17-13-4-2-1-3-12(13)9-15(10-20-11-15)14(22)21-7-5-16(18,19)6-8-21/h1-4,20H,5-11H2. The van der Waals surface area contributed by atoms with E-state index in [4.69, 9.17) is 0 Å². The van der Waals surface area contributed by atoms with Gasteiger partial charge < -0.3 is 10.2 Å². The van der Waals surface area contributed by atoms with Gasteiger partial charge in [-0.3, -0.25) is 4.79 Å². The van der Waals surface area contributed by atoms with Gasteiger partial charge in [-0.25, -0.2) is 13.2 Å². The molecular formula is C16H19F3N2O. The second kappa shape index (κ2) is 5.57. The normalized spacial score (nSPS) is 23.0. The highest BCUT2D eigenvalue weighted by atomic mass is 19.3. The van der Waals surface area contributed by atoms with Crippen molar-refractivity contribution in [2.24, 2.45) is 5.41 Å². The number of halogens is 3. The Morgan fingerprint density at radius 3 is 2.36 bits per heavy atom. The van der Waals surface area contributed by atoms with Crippen LogP contribution in [0, 0.1) is 11.2 Å². The van der Waals surface area contributed by atoms with Crippen LogP contribution in [0.2, 0.25) is 0 Å². The smallest absolute Gasteiger partial charge is 0.251 e. The molecule has 0 atom stereocenters. The van der Waals surface area contributed by atoms with Crippen molar-refractivity contribution in [2.45, 2.75) is 25.2 Å². The Kier molecular flexibility index (Phi) is 3.89. The molecule has 2 heterocycles. The highest BCUT2D eigenvalue weighted by molar-refractivity contribution is 5.85. The van der Waals surface area contributed by atoms with Crippen molar-refractivity contribution in [3.05, 3.63) is 35.6 Å². The maximum absolute atomic E-state index is 13.8. The zero-order chi connectivity index (χ0) is 15.8. The number of rotatable bonds is 3. The Balaban J connectivity index is 1.73. The first-order chi connectivity index (χ1) is 10.4. The summed E-state index contributed by atoms with van der Waals surface area (Å²) in [5.74, 6) is -3.13. The van der Waals surface area contributed by atoms with Gasteiger partial charge in [0.2, 0.25) is 5.91 Å². The van der Waals surface area contributed by atoms with Crippen molar-refractivity contribution < 1.29 is 18.0 Å². The van der Waals surface area contributed by atoms with Crippen molar-refractivity contribution >= 4 is 5.91 Å². The highest BCUT2D eigenvalue weighted by Gasteiger charge is 2.48. The Morgan fingerprint density at radius 1 is 1.18 bits per heavy atom. The van der Waals surface area contributed by atoms with E-state index in [1.165, 1.54) is 11.0 Å². The summed E-state index contributed by atoms with van der Waals surface area (Å²) in [7, 11) is 0. The molecule has 2 aliphatic heterocycles. The van der Waals surface area contributed by atoms with Crippen LogP contribution >= 0.6 is 0 Å². The number of nitrogens with zero attached hydrogens (tertiary/aromatic N) is 1. The summed E-state index contributed by atoms with van der Waals surface area (Å²) in [4.78, 5) is 14.3. The van der Waals surface area contributed by atoms with E-state index in [0.29, 0.717) is 25.1 Å². The number of alkyl halides is 2. The summed E-state index contributed by atoms with van der Waals surface area (Å²) in [6.07, 6.45) is -0.276. The molecule has 3 nitrogen and oxygen atoms in total. The van der Waals surface area contributed by atoms with Gasteiger partial charge in [0.15, 0.2) is 0 Å². The van der Waals surface area contributed by atoms with Crippen LogP contribution in [0.3, 0.4) is 0 Å². The predicted octanol–water partition coefficient (Wildman–Crippen LogP) is 2.22. The quantitative estimate of drug-likeness (QED) is 0.928. The van der Waals surface area contributed by atoms with Crippen LogP contribution in [-0.4, -0.2) is 42.9 Å². The van der Waals surface area contributed by atoms with Gasteiger partial charge in [0.05, 0.1) is 5.41 Å². The van der Waals surface area contributed by atoms with E-state index in [0.717, 1.165) is 0 Å². The summed E-state index contributed by atoms with van der Waals surface area (Å²) in [5.41, 5.74) is -0.200. The fourth-order valence-electron chi connectivity index (χ4n) is 3.16. The molecule has 0 spiro atoms. The molecule has 0 aromatic heterocycles. The molecule has 3 rings (SSSR count). The van der Waals surface area contributed by atoms with Crippen LogP contribution in [0.5, 0.6) is 0 Å². The number of amides is 1. The van der Waals surface area contributed by atoms with Gasteiger partial charge in [0, 0.05) is 39.0 Å². The van der Waals surface area contributed by atoms with Crippen molar-refractivity contribution in [3.8, 4) is 0 Å². The number of hydrogen-bond acceptors (Lipinski definition) is 2. The molecule has 0 radical (unpaired) electrons. The molecule has 2 fully saturated rings. The Labute approximate surface area is 127 Å². The number of hydrogen-bond donors (Lipinski definition) is 1. The first-order valence-corrected chi connectivity index (χ1v) is 7.53. The van der Waals surface area contributed by atoms with Crippen LogP contribution in [-0.2, 0) is 11.2 Å². The number of piperidine rings is 1. The largest absolute Gasteiger partial charge is 0.342 e. The molecule has 0 aliphatic carbocycles. The van der Waals surface area contributed by atoms with E-state index in [9.17, 15) is 18.0 Å². The lowest BCUT2D eigenvalue weighted by Gasteiger charge is -2.45. The second-order valence-electron chi connectivity index (χ2n) is 6.30. The van der Waals surface area contributed by atoms with Crippen molar-refractivity contribution in [2.75, 3.05) is 26.2 Å². The lowest BCUT2D eigenvalue weighted by atomic mass is 9.74. The molecule has 120 valence electrons. The maximum atomic E-state index is 13.8. The van der Waals surface area contributed by atoms with Crippen molar-refractivity contribution in [1.29, 1.82) is 0 Å². The van der Waals surface area contributed by atoms with Crippen LogP contribution in [0.25, 0.3) is 0 Å². The van der Waals surface area contributed by atoms with Crippen LogP contribution in [0.15, 0.2) is 24.3 Å². The van der Waals surface area contributed by atoms with Gasteiger partial charge in [-0.2, -0.15) is 0 Å². The predicted molar refractivity (Wildman–Crippen MR) is 76.2 cm³/mol. The average molecular weight is 312 g/mol. The van der Waals surface area contributed by atoms with Gasteiger partial charge in [-0.05, 0) is 18.1 Å². The average Bonchev–Trinajstić information content (AvgIpc) is 2.44. The van der Waals surface area contributed by atoms with Crippen LogP contribution < -0.4 is 5.32 Å². The second-order valence-corrected chi connectivity index (χ2v) is 6.30. The zero-order valence-electron chi connectivity index (χ0n) is 12.2. The Bertz CT molecular complexity index is 562. The SMILES string of the molecule is O=C(N1CCC(F)(F)CC1)C1(Cc2ccccc2F)CNC1. The third kappa shape index (κ3) is 2.84. The number of nitrogens with one attached hydrogen (secondary N) is 1. The highest BCUT2D eigenvalue weighted by Crippen LogP contribution is 2.34. The zero-order valence-corrected chi connectivity index (χ0v) is 12.2. The molecule has 6 heteroatoms. The Hall–Kier alpha value is -1.56. The molecule has 1 N–H and O–H groups in total. The molecule has 2 aliphatic rings. The monoisotopic (exact) mass is 312 g/mol. The Morgan fingerprint density at radius 2 is 1.82 bits per heavy atom. The summed E-state index contributed by atoms with van der Waals surface area (Å²) >= 11 is 0. The maximum Gasteiger partial charge on any atom is 0.251 e. The first-order valence-electron chi connectivity index (χ1n) is 7.53. The van der Waals surface area contributed by atoms with E-state index in [-0.39, 0.29) is 37.7 Å². The summed E-state index contributed by atoms with van der Waals surface area (Å²) in [6, 6.07) is 6.40. The van der Waals surface area contributed by atoms with E-state index in [1.54, 1.807) is 18.2 Å². The van der Waals surface area contributed by atoms with E-state index in [1.807, 2.05) is 0 Å². The molecule has 1 amide bonds. The third-order valence-electron chi connectivity index (χ3n) is 4.65. The molecule has 1 aromatic carbocycles. The molecular weight excluding hydrogens is 293 g/mol. The van der Waals surface area contributed by atoms with Gasteiger partial charge in [0.25, 0.3) is 5.92 Å². The van der Waals surface area contributed by atoms with E-state index >= 15 is 0 Å². The molecule has 1 aromatic rings. The molecule has 0 saturated carbocycles. The molecule has 22 heavy (non-hydrogen) atoms. The van der Waals surface area contributed by atoms with Gasteiger partial charge in [-0.1, -0.05) is 18.2 Å². The fourth-order valence-corrected chi connectivity index (χ4v) is 3.16. The number of likely N-dealkylation sites (tertiary alicyclic amines) is 1. The lowest BCUT2D eigenvalue weighted by Crippen LogP contribution is -2.64.